The molecule has 3 fully saturated rings. The number of carbonyl (C=O) groups is 2. The minimum Gasteiger partial charge on any atom is -0.347 e. The van der Waals surface area contributed by atoms with Gasteiger partial charge in [0.05, 0.1) is 31.4 Å². The number of ether oxygens (including phenoxy) is 2. The summed E-state index contributed by atoms with van der Waals surface area (Å²) in [5.41, 5.74) is 1.86. The van der Waals surface area contributed by atoms with Gasteiger partial charge in [-0.05, 0) is 24.1 Å². The Labute approximate surface area is 147 Å². The van der Waals surface area contributed by atoms with E-state index in [1.54, 1.807) is 0 Å². The van der Waals surface area contributed by atoms with E-state index < -0.39 is 5.79 Å². The fourth-order valence-electron chi connectivity index (χ4n) is 4.02. The Morgan fingerprint density at radius 1 is 1.08 bits per heavy atom. The molecule has 2 amide bonds. The number of rotatable bonds is 3. The van der Waals surface area contributed by atoms with E-state index in [9.17, 15) is 9.59 Å². The maximum Gasteiger partial charge on any atom is 0.251 e. The van der Waals surface area contributed by atoms with Crippen LogP contribution < -0.4 is 4.90 Å². The van der Waals surface area contributed by atoms with Crippen LogP contribution in [0.25, 0.3) is 0 Å². The molecule has 1 aromatic carbocycles. The molecule has 6 nitrogen and oxygen atoms in total. The average Bonchev–Trinajstić information content (AvgIpc) is 3.21. The Balaban J connectivity index is 1.45. The summed E-state index contributed by atoms with van der Waals surface area (Å²) in [4.78, 5) is 28.8. The number of hydrogen-bond donors (Lipinski definition) is 0. The minimum atomic E-state index is -0.460. The molecule has 0 saturated carbocycles. The molecule has 3 heterocycles. The van der Waals surface area contributed by atoms with Crippen molar-refractivity contribution < 1.29 is 19.1 Å². The number of imide groups is 1. The van der Waals surface area contributed by atoms with E-state index >= 15 is 0 Å². The van der Waals surface area contributed by atoms with E-state index in [0.717, 1.165) is 19.3 Å². The molecule has 0 unspecified atom stereocenters. The summed E-state index contributed by atoms with van der Waals surface area (Å²) >= 11 is 0. The van der Waals surface area contributed by atoms with Gasteiger partial charge in [0.2, 0.25) is 5.91 Å². The lowest BCUT2D eigenvalue weighted by atomic mass is 10.0. The van der Waals surface area contributed by atoms with Crippen LogP contribution in [0, 0.1) is 0 Å². The van der Waals surface area contributed by atoms with Crippen LogP contribution in [0.5, 0.6) is 0 Å². The van der Waals surface area contributed by atoms with E-state index in [-0.39, 0.29) is 24.3 Å². The summed E-state index contributed by atoms with van der Waals surface area (Å²) in [7, 11) is 0. The zero-order chi connectivity index (χ0) is 17.4. The van der Waals surface area contributed by atoms with Crippen molar-refractivity contribution in [3.05, 3.63) is 29.8 Å². The normalized spacial score (nSPS) is 26.8. The minimum absolute atomic E-state index is 0.113. The van der Waals surface area contributed by atoms with Gasteiger partial charge in [-0.15, -0.1) is 0 Å². The number of carbonyl (C=O) groups excluding carboxylic acids is 2. The molecule has 0 aliphatic carbocycles. The molecule has 25 heavy (non-hydrogen) atoms. The van der Waals surface area contributed by atoms with E-state index in [4.69, 9.17) is 9.47 Å². The van der Waals surface area contributed by atoms with Gasteiger partial charge >= 0.3 is 0 Å². The highest BCUT2D eigenvalue weighted by atomic mass is 16.7. The second-order valence-corrected chi connectivity index (χ2v) is 6.95. The summed E-state index contributed by atoms with van der Waals surface area (Å²) in [6, 6.07) is 7.31. The highest BCUT2D eigenvalue weighted by Gasteiger charge is 2.47. The van der Waals surface area contributed by atoms with Crippen LogP contribution in [0.1, 0.15) is 31.7 Å². The van der Waals surface area contributed by atoms with Gasteiger partial charge in [0, 0.05) is 25.9 Å². The molecule has 0 bridgehead atoms. The van der Waals surface area contributed by atoms with Crippen molar-refractivity contribution in [3.8, 4) is 0 Å². The van der Waals surface area contributed by atoms with E-state index in [2.05, 4.69) is 11.8 Å². The summed E-state index contributed by atoms with van der Waals surface area (Å²) in [6.45, 7) is 4.79. The van der Waals surface area contributed by atoms with Crippen molar-refractivity contribution in [2.24, 2.45) is 0 Å². The highest BCUT2D eigenvalue weighted by molar-refractivity contribution is 6.22. The van der Waals surface area contributed by atoms with Gasteiger partial charge in [0.1, 0.15) is 0 Å². The lowest BCUT2D eigenvalue weighted by molar-refractivity contribution is -0.188. The molecular weight excluding hydrogens is 320 g/mol. The quantitative estimate of drug-likeness (QED) is 0.782. The number of hydrogen-bond acceptors (Lipinski definition) is 5. The molecule has 1 spiro atoms. The van der Waals surface area contributed by atoms with Crippen molar-refractivity contribution in [1.82, 2.24) is 4.90 Å². The molecule has 6 heteroatoms. The first-order valence-electron chi connectivity index (χ1n) is 9.09. The van der Waals surface area contributed by atoms with Gasteiger partial charge in [0.25, 0.3) is 5.91 Å². The molecule has 134 valence electrons. The summed E-state index contributed by atoms with van der Waals surface area (Å²) in [6.07, 6.45) is 2.68. The lowest BCUT2D eigenvalue weighted by Gasteiger charge is -2.39. The maximum atomic E-state index is 12.9. The predicted octanol–water partition coefficient (Wildman–Crippen LogP) is 1.72. The molecule has 3 aliphatic rings. The Bertz CT molecular complexity index is 657. The van der Waals surface area contributed by atoms with Gasteiger partial charge < -0.3 is 9.47 Å². The summed E-state index contributed by atoms with van der Waals surface area (Å²) in [5, 5.41) is 0. The first-order valence-corrected chi connectivity index (χ1v) is 9.09. The molecule has 1 aromatic rings. The topological polar surface area (TPSA) is 59.1 Å². The number of aryl methyl sites for hydroxylation is 1. The number of likely N-dealkylation sites (tertiary alicyclic amines) is 1. The number of anilines is 1. The first kappa shape index (κ1) is 16.7. The second-order valence-electron chi connectivity index (χ2n) is 6.95. The van der Waals surface area contributed by atoms with Gasteiger partial charge in [-0.2, -0.15) is 0 Å². The number of amides is 2. The number of piperidine rings is 1. The Morgan fingerprint density at radius 2 is 1.72 bits per heavy atom. The van der Waals surface area contributed by atoms with Crippen LogP contribution in [0.3, 0.4) is 0 Å². The van der Waals surface area contributed by atoms with E-state index in [1.165, 1.54) is 10.5 Å². The van der Waals surface area contributed by atoms with Crippen LogP contribution in [-0.2, 0) is 25.5 Å². The predicted molar refractivity (Wildman–Crippen MR) is 92.2 cm³/mol. The fraction of sp³-hybridized carbons (Fsp3) is 0.579. The SMILES string of the molecule is CCc1ccc(N2C(=O)C[C@@H](N3CCC4(CC3)OCCO4)C2=O)cc1. The molecule has 0 aromatic heterocycles. The smallest absolute Gasteiger partial charge is 0.251 e. The third-order valence-electron chi connectivity index (χ3n) is 5.54. The standard InChI is InChI=1S/C19H24N2O4/c1-2-14-3-5-15(6-4-14)21-17(22)13-16(18(21)23)20-9-7-19(8-10-20)24-11-12-25-19/h3-6,16H,2,7-13H2,1H3/t16-/m1/s1. The molecule has 3 saturated heterocycles. The number of nitrogens with zero attached hydrogens (tertiary/aromatic N) is 2. The van der Waals surface area contributed by atoms with Crippen LogP contribution >= 0.6 is 0 Å². The molecule has 0 radical (unpaired) electrons. The zero-order valence-electron chi connectivity index (χ0n) is 14.6. The number of benzene rings is 1. The highest BCUT2D eigenvalue weighted by Crippen LogP contribution is 2.34. The summed E-state index contributed by atoms with van der Waals surface area (Å²) in [5.74, 6) is -0.691. The summed E-state index contributed by atoms with van der Waals surface area (Å²) < 4.78 is 11.5. The maximum absolute atomic E-state index is 12.9. The fourth-order valence-corrected chi connectivity index (χ4v) is 4.02. The molecule has 0 N–H and O–H groups in total. The average molecular weight is 344 g/mol. The lowest BCUT2D eigenvalue weighted by Crippen LogP contribution is -2.51. The zero-order valence-corrected chi connectivity index (χ0v) is 14.6. The van der Waals surface area contributed by atoms with Crippen molar-refractivity contribution >= 4 is 17.5 Å². The van der Waals surface area contributed by atoms with Crippen molar-refractivity contribution in [2.75, 3.05) is 31.2 Å². The molecule has 1 atom stereocenters. The third kappa shape index (κ3) is 2.99. The molecular formula is C19H24N2O4. The third-order valence-corrected chi connectivity index (χ3v) is 5.54. The van der Waals surface area contributed by atoms with E-state index in [0.29, 0.717) is 32.0 Å². The first-order chi connectivity index (χ1) is 12.1. The monoisotopic (exact) mass is 344 g/mol. The second kappa shape index (κ2) is 6.52. The van der Waals surface area contributed by atoms with Gasteiger partial charge in [-0.1, -0.05) is 19.1 Å². The van der Waals surface area contributed by atoms with Gasteiger partial charge in [-0.25, -0.2) is 4.90 Å². The van der Waals surface area contributed by atoms with Crippen molar-refractivity contribution in [3.63, 3.8) is 0 Å². The molecule has 3 aliphatic heterocycles. The van der Waals surface area contributed by atoms with E-state index in [1.807, 2.05) is 24.3 Å². The van der Waals surface area contributed by atoms with Crippen LogP contribution in [-0.4, -0.2) is 54.8 Å². The van der Waals surface area contributed by atoms with Gasteiger partial charge in [0.15, 0.2) is 5.79 Å². The van der Waals surface area contributed by atoms with Crippen molar-refractivity contribution in [1.29, 1.82) is 0 Å². The largest absolute Gasteiger partial charge is 0.347 e. The van der Waals surface area contributed by atoms with Crippen LogP contribution in [0.15, 0.2) is 24.3 Å². The Kier molecular flexibility index (Phi) is 4.35. The Morgan fingerprint density at radius 3 is 2.32 bits per heavy atom. The molecule has 4 rings (SSSR count). The van der Waals surface area contributed by atoms with Crippen LogP contribution in [0.2, 0.25) is 0 Å². The van der Waals surface area contributed by atoms with Crippen LogP contribution in [0.4, 0.5) is 5.69 Å². The Hall–Kier alpha value is -1.76. The van der Waals surface area contributed by atoms with Crippen molar-refractivity contribution in [2.45, 2.75) is 44.4 Å². The van der Waals surface area contributed by atoms with Gasteiger partial charge in [-0.3, -0.25) is 14.5 Å².